The smallest absolute Gasteiger partial charge is 0.850 e. The summed E-state index contributed by atoms with van der Waals surface area (Å²) >= 11 is 2.29. The first-order valence-electron chi connectivity index (χ1n) is 8.65. The van der Waals surface area contributed by atoms with Crippen molar-refractivity contribution in [2.75, 3.05) is 11.0 Å². The first-order valence-corrected chi connectivity index (χ1v) is 10.2. The minimum absolute atomic E-state index is 0. The Bertz CT molecular complexity index is 781. The molecule has 2 aromatic rings. The molecule has 1 aliphatic heterocycles. The van der Waals surface area contributed by atoms with Crippen LogP contribution >= 0.6 is 22.6 Å². The molecule has 6 heteroatoms. The van der Waals surface area contributed by atoms with Crippen LogP contribution in [0.2, 0.25) is 0 Å². The summed E-state index contributed by atoms with van der Waals surface area (Å²) in [7, 11) is 0. The van der Waals surface area contributed by atoms with Crippen molar-refractivity contribution in [2.45, 2.75) is 38.1 Å². The van der Waals surface area contributed by atoms with Crippen molar-refractivity contribution in [1.82, 2.24) is 0 Å². The molecule has 1 heterocycles. The van der Waals surface area contributed by atoms with Crippen molar-refractivity contribution in [3.8, 4) is 11.1 Å². The molecule has 1 unspecified atom stereocenters. The molecule has 4 rings (SSSR count). The Balaban J connectivity index is 0.000000390. The number of aliphatic hydroxyl groups is 1. The quantitative estimate of drug-likeness (QED) is 0.364. The average Bonchev–Trinajstić information content (AvgIpc) is 3.18. The van der Waals surface area contributed by atoms with Crippen molar-refractivity contribution in [3.05, 3.63) is 59.7 Å². The molecule has 1 atom stereocenters. The van der Waals surface area contributed by atoms with Crippen LogP contribution in [0.15, 0.2) is 53.5 Å². The van der Waals surface area contributed by atoms with E-state index in [2.05, 4.69) is 27.6 Å². The van der Waals surface area contributed by atoms with Gasteiger partial charge in [0.25, 0.3) is 0 Å². The maximum absolute atomic E-state index is 11.5. The Morgan fingerprint density at radius 3 is 1.96 bits per heavy atom. The average molecular weight is 503 g/mol. The second-order valence-electron chi connectivity index (χ2n) is 7.45. The van der Waals surface area contributed by atoms with Gasteiger partial charge in [0.05, 0.1) is 6.54 Å². The van der Waals surface area contributed by atoms with Gasteiger partial charge >= 0.3 is 51.4 Å². The monoisotopic (exact) mass is 503 g/mol. The van der Waals surface area contributed by atoms with E-state index in [9.17, 15) is 10.2 Å². The van der Waals surface area contributed by atoms with Gasteiger partial charge in [-0.1, -0.05) is 91.9 Å². The van der Waals surface area contributed by atoms with E-state index in [0.29, 0.717) is 12.4 Å². The third kappa shape index (κ3) is 5.03. The zero-order valence-corrected chi connectivity index (χ0v) is 21.5. The van der Waals surface area contributed by atoms with Gasteiger partial charge in [0.1, 0.15) is 6.10 Å². The molecule has 0 bridgehead atoms. The number of fused-ring (bicyclic) bond motifs is 3. The maximum Gasteiger partial charge on any atom is 1.00 e. The summed E-state index contributed by atoms with van der Waals surface area (Å²) in [5.41, 5.74) is 1.83. The number of rotatable bonds is 2. The number of halogens is 1. The molecular formula is C21H23IKNO3. The van der Waals surface area contributed by atoms with Crippen LogP contribution in [-0.2, 0) is 10.3 Å². The van der Waals surface area contributed by atoms with Gasteiger partial charge in [0.2, 0.25) is 5.90 Å². The number of aliphatic imine (C=N–C) groups is 1. The number of hydrogen-bond acceptors (Lipinski definition) is 4. The van der Waals surface area contributed by atoms with Crippen LogP contribution in [0.4, 0.5) is 0 Å². The molecule has 1 N–H and O–H groups in total. The minimum Gasteiger partial charge on any atom is -0.850 e. The van der Waals surface area contributed by atoms with Crippen LogP contribution < -0.4 is 56.5 Å². The summed E-state index contributed by atoms with van der Waals surface area (Å²) in [5.74, 6) is 0.432. The molecule has 1 aliphatic carbocycles. The molecule has 2 aromatic carbocycles. The van der Waals surface area contributed by atoms with Gasteiger partial charge in [-0.15, -0.1) is 5.60 Å². The molecule has 0 amide bonds. The number of hydrogen-bond donors (Lipinski definition) is 1. The molecule has 138 valence electrons. The van der Waals surface area contributed by atoms with E-state index in [1.54, 1.807) is 20.8 Å². The van der Waals surface area contributed by atoms with Gasteiger partial charge in [-0.2, -0.15) is 0 Å². The second kappa shape index (κ2) is 9.34. The van der Waals surface area contributed by atoms with E-state index in [4.69, 9.17) is 4.74 Å². The first-order chi connectivity index (χ1) is 12.2. The van der Waals surface area contributed by atoms with Gasteiger partial charge in [-0.05, 0) is 11.1 Å². The summed E-state index contributed by atoms with van der Waals surface area (Å²) in [5, 5.41) is 21.6. The zero-order valence-electron chi connectivity index (χ0n) is 16.2. The minimum atomic E-state index is -1.26. The third-order valence-corrected chi connectivity index (χ3v) is 5.10. The molecule has 0 fully saturated rings. The fourth-order valence-corrected chi connectivity index (χ4v) is 3.60. The number of ether oxygens (including phenoxy) is 1. The van der Waals surface area contributed by atoms with E-state index in [-0.39, 0.29) is 57.5 Å². The van der Waals surface area contributed by atoms with Crippen LogP contribution in [0.5, 0.6) is 0 Å². The molecule has 0 aromatic heterocycles. The van der Waals surface area contributed by atoms with Crippen molar-refractivity contribution >= 4 is 28.5 Å². The van der Waals surface area contributed by atoms with Crippen LogP contribution in [0.1, 0.15) is 31.9 Å². The Kier molecular flexibility index (Phi) is 8.12. The van der Waals surface area contributed by atoms with Crippen molar-refractivity contribution in [2.24, 2.45) is 4.99 Å². The van der Waals surface area contributed by atoms with Gasteiger partial charge in [0.15, 0.2) is 5.60 Å². The fraction of sp³-hybridized carbons (Fsp3) is 0.381. The van der Waals surface area contributed by atoms with Crippen LogP contribution in [0, 0.1) is 0 Å². The maximum atomic E-state index is 11.5. The number of nitrogens with zero attached hydrogens (tertiary/aromatic N) is 1. The Morgan fingerprint density at radius 2 is 1.56 bits per heavy atom. The summed E-state index contributed by atoms with van der Waals surface area (Å²) in [6.45, 7) is 5.51. The van der Waals surface area contributed by atoms with Gasteiger partial charge in [-0.25, -0.2) is 4.99 Å². The summed E-state index contributed by atoms with van der Waals surface area (Å²) in [4.78, 5) is 4.48. The molecule has 4 nitrogen and oxygen atoms in total. The van der Waals surface area contributed by atoms with E-state index in [1.165, 1.54) is 0 Å². The topological polar surface area (TPSA) is 64.9 Å². The normalized spacial score (nSPS) is 18.9. The van der Waals surface area contributed by atoms with E-state index in [0.717, 1.165) is 26.7 Å². The number of benzene rings is 2. The molecule has 0 spiro atoms. The SMILES string of the molecule is CC(C)(C)[O-].OC1(C2=NCC(CI)O2)c2ccccc2-c2ccccc21.[K+]. The molecule has 0 saturated heterocycles. The molecular weight excluding hydrogens is 480 g/mol. The number of alkyl halides is 1. The van der Waals surface area contributed by atoms with Gasteiger partial charge in [-0.3, -0.25) is 0 Å². The molecule has 0 radical (unpaired) electrons. The fourth-order valence-electron chi connectivity index (χ4n) is 3.14. The predicted octanol–water partition coefficient (Wildman–Crippen LogP) is 0.284. The summed E-state index contributed by atoms with van der Waals surface area (Å²) in [6, 6.07) is 15.9. The van der Waals surface area contributed by atoms with Gasteiger partial charge in [0, 0.05) is 15.6 Å². The van der Waals surface area contributed by atoms with E-state index >= 15 is 0 Å². The predicted molar refractivity (Wildman–Crippen MR) is 111 cm³/mol. The Hall–Kier alpha value is 0.196. The third-order valence-electron chi connectivity index (χ3n) is 4.12. The summed E-state index contributed by atoms with van der Waals surface area (Å²) < 4.78 is 6.77. The first kappa shape index (κ1) is 23.5. The Labute approximate surface area is 217 Å². The van der Waals surface area contributed by atoms with Crippen LogP contribution in [-0.4, -0.2) is 33.7 Å². The molecule has 0 saturated carbocycles. The van der Waals surface area contributed by atoms with Crippen LogP contribution in [0.25, 0.3) is 11.1 Å². The second-order valence-corrected chi connectivity index (χ2v) is 8.33. The van der Waals surface area contributed by atoms with Gasteiger partial charge < -0.3 is 14.9 Å². The molecule has 27 heavy (non-hydrogen) atoms. The van der Waals surface area contributed by atoms with Crippen molar-refractivity contribution in [1.29, 1.82) is 0 Å². The zero-order chi connectivity index (χ0) is 18.9. The van der Waals surface area contributed by atoms with Crippen LogP contribution in [0.3, 0.4) is 0 Å². The largest absolute Gasteiger partial charge is 1.00 e. The summed E-state index contributed by atoms with van der Waals surface area (Å²) in [6.07, 6.45) is 0.0598. The standard InChI is InChI=1S/C17H14INO2.C4H9O.K/c18-9-11-10-19-16(21-11)17(20)14-7-3-1-5-12(14)13-6-2-4-8-15(13)17;1-4(2,3)5;/h1-8,11,20H,9-10H2;1-3H3;/q;-1;+1. The molecule has 2 aliphatic rings. The van der Waals surface area contributed by atoms with E-state index in [1.807, 2.05) is 48.5 Å². The Morgan fingerprint density at radius 1 is 1.11 bits per heavy atom. The van der Waals surface area contributed by atoms with Crippen molar-refractivity contribution < 1.29 is 66.3 Å². The van der Waals surface area contributed by atoms with Crippen molar-refractivity contribution in [3.63, 3.8) is 0 Å². The van der Waals surface area contributed by atoms with E-state index < -0.39 is 11.2 Å².